The SMILES string of the molecule is CCCc1ccc(-c2nc(CN)cs2)cc1. The quantitative estimate of drug-likeness (QED) is 0.879. The molecule has 2 aromatic rings. The Morgan fingerprint density at radius 3 is 2.56 bits per heavy atom. The van der Waals surface area contributed by atoms with Crippen LogP contribution in [0.3, 0.4) is 0 Å². The van der Waals surface area contributed by atoms with Crippen molar-refractivity contribution in [2.24, 2.45) is 5.73 Å². The molecular weight excluding hydrogens is 216 g/mol. The molecule has 84 valence electrons. The summed E-state index contributed by atoms with van der Waals surface area (Å²) in [6.45, 7) is 2.71. The minimum atomic E-state index is 0.518. The molecule has 1 aromatic carbocycles. The number of nitrogens with zero attached hydrogens (tertiary/aromatic N) is 1. The summed E-state index contributed by atoms with van der Waals surface area (Å²) >= 11 is 1.66. The second-order valence-corrected chi connectivity index (χ2v) is 4.65. The molecular formula is C13H16N2S. The fourth-order valence-electron chi connectivity index (χ4n) is 1.64. The van der Waals surface area contributed by atoms with Crippen molar-refractivity contribution in [2.45, 2.75) is 26.3 Å². The van der Waals surface area contributed by atoms with Crippen LogP contribution in [-0.4, -0.2) is 4.98 Å². The van der Waals surface area contributed by atoms with Gasteiger partial charge in [-0.2, -0.15) is 0 Å². The van der Waals surface area contributed by atoms with Gasteiger partial charge in [0.25, 0.3) is 0 Å². The van der Waals surface area contributed by atoms with Crippen LogP contribution >= 0.6 is 11.3 Å². The monoisotopic (exact) mass is 232 g/mol. The maximum atomic E-state index is 5.55. The van der Waals surface area contributed by atoms with E-state index in [2.05, 4.69) is 36.2 Å². The molecule has 0 radical (unpaired) electrons. The molecule has 1 heterocycles. The van der Waals surface area contributed by atoms with Crippen molar-refractivity contribution < 1.29 is 0 Å². The molecule has 2 N–H and O–H groups in total. The topological polar surface area (TPSA) is 38.9 Å². The Labute approximate surface area is 100 Å². The first-order valence-electron chi connectivity index (χ1n) is 5.57. The summed E-state index contributed by atoms with van der Waals surface area (Å²) in [4.78, 5) is 4.47. The summed E-state index contributed by atoms with van der Waals surface area (Å²) in [6, 6.07) is 8.65. The van der Waals surface area contributed by atoms with Crippen molar-refractivity contribution in [1.82, 2.24) is 4.98 Å². The molecule has 0 fully saturated rings. The van der Waals surface area contributed by atoms with E-state index in [0.29, 0.717) is 6.54 Å². The number of thiazole rings is 1. The predicted octanol–water partition coefficient (Wildman–Crippen LogP) is 3.22. The fourth-order valence-corrected chi connectivity index (χ4v) is 2.47. The van der Waals surface area contributed by atoms with Gasteiger partial charge in [0.15, 0.2) is 0 Å². The summed E-state index contributed by atoms with van der Waals surface area (Å²) in [6.07, 6.45) is 2.33. The Balaban J connectivity index is 2.20. The first-order chi connectivity index (χ1) is 7.83. The van der Waals surface area contributed by atoms with Crippen LogP contribution in [0.2, 0.25) is 0 Å². The van der Waals surface area contributed by atoms with Crippen LogP contribution in [0.1, 0.15) is 24.6 Å². The molecule has 0 aliphatic rings. The third-order valence-electron chi connectivity index (χ3n) is 2.50. The smallest absolute Gasteiger partial charge is 0.123 e. The summed E-state index contributed by atoms with van der Waals surface area (Å²) < 4.78 is 0. The van der Waals surface area contributed by atoms with Gasteiger partial charge in [0, 0.05) is 17.5 Å². The van der Waals surface area contributed by atoms with E-state index < -0.39 is 0 Å². The second-order valence-electron chi connectivity index (χ2n) is 3.80. The standard InChI is InChI=1S/C13H16N2S/c1-2-3-10-4-6-11(7-5-10)13-15-12(8-14)9-16-13/h4-7,9H,2-3,8,14H2,1H3. The first-order valence-corrected chi connectivity index (χ1v) is 6.45. The highest BCUT2D eigenvalue weighted by atomic mass is 32.1. The molecule has 16 heavy (non-hydrogen) atoms. The Morgan fingerprint density at radius 2 is 2.00 bits per heavy atom. The molecule has 0 spiro atoms. The molecule has 0 unspecified atom stereocenters. The molecule has 2 nitrogen and oxygen atoms in total. The van der Waals surface area contributed by atoms with Crippen molar-refractivity contribution in [3.8, 4) is 10.6 Å². The van der Waals surface area contributed by atoms with Crippen molar-refractivity contribution in [2.75, 3.05) is 0 Å². The number of rotatable bonds is 4. The molecule has 0 aliphatic carbocycles. The van der Waals surface area contributed by atoms with Gasteiger partial charge in [0.2, 0.25) is 0 Å². The number of benzene rings is 1. The molecule has 1 aromatic heterocycles. The number of hydrogen-bond acceptors (Lipinski definition) is 3. The molecule has 3 heteroatoms. The van der Waals surface area contributed by atoms with Crippen LogP contribution in [0.25, 0.3) is 10.6 Å². The minimum Gasteiger partial charge on any atom is -0.325 e. The first kappa shape index (κ1) is 11.3. The Hall–Kier alpha value is -1.19. The molecule has 0 bridgehead atoms. The molecule has 0 amide bonds. The van der Waals surface area contributed by atoms with Crippen molar-refractivity contribution in [1.29, 1.82) is 0 Å². The largest absolute Gasteiger partial charge is 0.325 e. The Kier molecular flexibility index (Phi) is 3.70. The average Bonchev–Trinajstić information content (AvgIpc) is 2.79. The zero-order chi connectivity index (χ0) is 11.4. The van der Waals surface area contributed by atoms with Gasteiger partial charge in [-0.1, -0.05) is 37.6 Å². The van der Waals surface area contributed by atoms with Gasteiger partial charge in [0.1, 0.15) is 5.01 Å². The van der Waals surface area contributed by atoms with E-state index in [9.17, 15) is 0 Å². The van der Waals surface area contributed by atoms with Crippen LogP contribution < -0.4 is 5.73 Å². The third-order valence-corrected chi connectivity index (χ3v) is 3.44. The zero-order valence-electron chi connectivity index (χ0n) is 9.44. The summed E-state index contributed by atoms with van der Waals surface area (Å²) in [5.74, 6) is 0. The van der Waals surface area contributed by atoms with Gasteiger partial charge in [-0.15, -0.1) is 11.3 Å². The molecule has 2 rings (SSSR count). The average molecular weight is 232 g/mol. The number of nitrogens with two attached hydrogens (primary N) is 1. The van der Waals surface area contributed by atoms with Crippen LogP contribution in [-0.2, 0) is 13.0 Å². The lowest BCUT2D eigenvalue weighted by molar-refractivity contribution is 0.922. The number of aromatic nitrogens is 1. The zero-order valence-corrected chi connectivity index (χ0v) is 10.3. The van der Waals surface area contributed by atoms with Gasteiger partial charge >= 0.3 is 0 Å². The van der Waals surface area contributed by atoms with Crippen molar-refractivity contribution >= 4 is 11.3 Å². The molecule has 0 saturated heterocycles. The van der Waals surface area contributed by atoms with Gasteiger partial charge in [-0.05, 0) is 12.0 Å². The fraction of sp³-hybridized carbons (Fsp3) is 0.308. The van der Waals surface area contributed by atoms with E-state index in [1.165, 1.54) is 17.5 Å². The lowest BCUT2D eigenvalue weighted by Crippen LogP contribution is -1.95. The van der Waals surface area contributed by atoms with Crippen LogP contribution in [0.15, 0.2) is 29.6 Å². The molecule has 0 saturated carbocycles. The summed E-state index contributed by atoms with van der Waals surface area (Å²) in [7, 11) is 0. The van der Waals surface area contributed by atoms with Crippen LogP contribution in [0, 0.1) is 0 Å². The molecule has 0 atom stereocenters. The van der Waals surface area contributed by atoms with E-state index in [1.807, 2.05) is 5.38 Å². The van der Waals surface area contributed by atoms with Gasteiger partial charge in [-0.3, -0.25) is 0 Å². The normalized spacial score (nSPS) is 10.6. The van der Waals surface area contributed by atoms with Crippen LogP contribution in [0.5, 0.6) is 0 Å². The Bertz CT molecular complexity index is 445. The Morgan fingerprint density at radius 1 is 1.25 bits per heavy atom. The predicted molar refractivity (Wildman–Crippen MR) is 69.4 cm³/mol. The van der Waals surface area contributed by atoms with E-state index >= 15 is 0 Å². The lowest BCUT2D eigenvalue weighted by atomic mass is 10.1. The third kappa shape index (κ3) is 2.49. The number of hydrogen-bond donors (Lipinski definition) is 1. The van der Waals surface area contributed by atoms with Crippen LogP contribution in [0.4, 0.5) is 0 Å². The lowest BCUT2D eigenvalue weighted by Gasteiger charge is -2.00. The van der Waals surface area contributed by atoms with Crippen molar-refractivity contribution in [3.05, 3.63) is 40.9 Å². The minimum absolute atomic E-state index is 0.518. The van der Waals surface area contributed by atoms with Gasteiger partial charge in [0.05, 0.1) is 5.69 Å². The highest BCUT2D eigenvalue weighted by molar-refractivity contribution is 7.13. The highest BCUT2D eigenvalue weighted by Crippen LogP contribution is 2.24. The maximum Gasteiger partial charge on any atom is 0.123 e. The highest BCUT2D eigenvalue weighted by Gasteiger charge is 2.03. The summed E-state index contributed by atoms with van der Waals surface area (Å²) in [5, 5.41) is 3.08. The summed E-state index contributed by atoms with van der Waals surface area (Å²) in [5.41, 5.74) is 9.09. The number of aryl methyl sites for hydroxylation is 1. The van der Waals surface area contributed by atoms with Gasteiger partial charge < -0.3 is 5.73 Å². The van der Waals surface area contributed by atoms with Crippen molar-refractivity contribution in [3.63, 3.8) is 0 Å². The van der Waals surface area contributed by atoms with E-state index in [-0.39, 0.29) is 0 Å². The van der Waals surface area contributed by atoms with E-state index in [0.717, 1.165) is 17.1 Å². The second kappa shape index (κ2) is 5.23. The maximum absolute atomic E-state index is 5.55. The van der Waals surface area contributed by atoms with E-state index in [1.54, 1.807) is 11.3 Å². The molecule has 0 aliphatic heterocycles. The van der Waals surface area contributed by atoms with Gasteiger partial charge in [-0.25, -0.2) is 4.98 Å². The van der Waals surface area contributed by atoms with E-state index in [4.69, 9.17) is 5.73 Å².